The van der Waals surface area contributed by atoms with Crippen molar-refractivity contribution in [3.8, 4) is 0 Å². The lowest BCUT2D eigenvalue weighted by atomic mass is 10.1. The molecule has 5 rings (SSSR count). The number of ether oxygens (including phenoxy) is 1. The van der Waals surface area contributed by atoms with Crippen LogP contribution in [0.25, 0.3) is 10.2 Å². The number of fused-ring (bicyclic) bond motifs is 3. The number of piperazine rings is 1. The fourth-order valence-electron chi connectivity index (χ4n) is 4.71. The molecule has 2 aromatic heterocycles. The van der Waals surface area contributed by atoms with Crippen LogP contribution in [0.2, 0.25) is 0 Å². The number of anilines is 1. The van der Waals surface area contributed by atoms with E-state index in [9.17, 15) is 0 Å². The predicted molar refractivity (Wildman–Crippen MR) is 106 cm³/mol. The monoisotopic (exact) mass is 372 g/mol. The summed E-state index contributed by atoms with van der Waals surface area (Å²) in [6, 6.07) is 0. The Balaban J connectivity index is 1.35. The summed E-state index contributed by atoms with van der Waals surface area (Å²) in [4.78, 5) is 17.2. The number of thiophene rings is 1. The summed E-state index contributed by atoms with van der Waals surface area (Å²) in [5.74, 6) is 1.19. The molecule has 2 saturated heterocycles. The van der Waals surface area contributed by atoms with E-state index < -0.39 is 0 Å². The molecule has 2 fully saturated rings. The van der Waals surface area contributed by atoms with Crippen molar-refractivity contribution in [2.24, 2.45) is 0 Å². The van der Waals surface area contributed by atoms with E-state index in [1.807, 2.05) is 11.3 Å². The Morgan fingerprint density at radius 2 is 1.92 bits per heavy atom. The third-order valence-electron chi connectivity index (χ3n) is 6.14. The van der Waals surface area contributed by atoms with Crippen molar-refractivity contribution >= 4 is 27.4 Å². The van der Waals surface area contributed by atoms with Gasteiger partial charge in [0.05, 0.1) is 11.5 Å². The van der Waals surface area contributed by atoms with E-state index >= 15 is 0 Å². The van der Waals surface area contributed by atoms with Crippen LogP contribution in [0.4, 0.5) is 5.82 Å². The number of rotatable bonds is 3. The van der Waals surface area contributed by atoms with E-state index in [0.29, 0.717) is 6.10 Å². The van der Waals surface area contributed by atoms with E-state index in [4.69, 9.17) is 9.72 Å². The molecule has 5 nitrogen and oxygen atoms in total. The number of aryl methyl sites for hydroxylation is 2. The van der Waals surface area contributed by atoms with Crippen LogP contribution in [0, 0.1) is 0 Å². The average Bonchev–Trinajstić information content (AvgIpc) is 3.24. The van der Waals surface area contributed by atoms with E-state index in [-0.39, 0.29) is 0 Å². The molecule has 4 heterocycles. The molecule has 26 heavy (non-hydrogen) atoms. The molecule has 0 bridgehead atoms. The van der Waals surface area contributed by atoms with Crippen molar-refractivity contribution in [2.75, 3.05) is 44.2 Å². The molecule has 3 aliphatic rings. The zero-order valence-corrected chi connectivity index (χ0v) is 16.3. The van der Waals surface area contributed by atoms with Gasteiger partial charge in [-0.1, -0.05) is 6.42 Å². The zero-order valence-electron chi connectivity index (χ0n) is 15.5. The maximum absolute atomic E-state index is 5.81. The van der Waals surface area contributed by atoms with Crippen LogP contribution in [-0.4, -0.2) is 60.3 Å². The normalized spacial score (nSPS) is 24.8. The molecule has 1 atom stereocenters. The molecule has 0 unspecified atom stereocenters. The molecule has 6 heteroatoms. The van der Waals surface area contributed by atoms with Gasteiger partial charge in [-0.2, -0.15) is 0 Å². The summed E-state index contributed by atoms with van der Waals surface area (Å²) in [7, 11) is 0. The molecular formula is C20H28N4OS. The highest BCUT2D eigenvalue weighted by Crippen LogP contribution is 2.38. The Morgan fingerprint density at radius 1 is 1.04 bits per heavy atom. The van der Waals surface area contributed by atoms with Crippen molar-refractivity contribution in [2.45, 2.75) is 51.0 Å². The second kappa shape index (κ2) is 7.41. The van der Waals surface area contributed by atoms with E-state index in [1.54, 1.807) is 16.8 Å². The van der Waals surface area contributed by atoms with Gasteiger partial charge >= 0.3 is 0 Å². The van der Waals surface area contributed by atoms with Gasteiger partial charge in [-0.05, 0) is 44.1 Å². The summed E-state index contributed by atoms with van der Waals surface area (Å²) >= 11 is 1.91. The molecule has 0 radical (unpaired) electrons. The van der Waals surface area contributed by atoms with Crippen LogP contribution in [0.3, 0.4) is 0 Å². The third-order valence-corrected chi connectivity index (χ3v) is 7.34. The van der Waals surface area contributed by atoms with Gasteiger partial charge in [0.1, 0.15) is 17.0 Å². The van der Waals surface area contributed by atoms with Gasteiger partial charge in [-0.15, -0.1) is 11.3 Å². The first kappa shape index (κ1) is 16.9. The van der Waals surface area contributed by atoms with E-state index in [0.717, 1.165) is 39.3 Å². The SMILES string of the molecule is c1nc(N2CCN(C[C@H]3CCCO3)CC2)c2c3c(sc2n1)CCCCC3. The van der Waals surface area contributed by atoms with Crippen molar-refractivity contribution in [1.82, 2.24) is 14.9 Å². The molecule has 2 aliphatic heterocycles. The molecule has 0 saturated carbocycles. The first-order valence-electron chi connectivity index (χ1n) is 10.2. The van der Waals surface area contributed by atoms with E-state index in [1.165, 1.54) is 61.0 Å². The number of nitrogens with zero attached hydrogens (tertiary/aromatic N) is 4. The highest BCUT2D eigenvalue weighted by molar-refractivity contribution is 7.18. The van der Waals surface area contributed by atoms with Crippen molar-refractivity contribution in [1.29, 1.82) is 0 Å². The summed E-state index contributed by atoms with van der Waals surface area (Å²) in [6.45, 7) is 6.38. The lowest BCUT2D eigenvalue weighted by Gasteiger charge is -2.36. The fraction of sp³-hybridized carbons (Fsp3) is 0.700. The first-order chi connectivity index (χ1) is 12.9. The standard InChI is InChI=1S/C20H28N4OS/c1-2-6-16-17(7-3-1)26-20-18(16)19(21-14-22-20)24-10-8-23(9-11-24)13-15-5-4-12-25-15/h14-15H,1-13H2/t15-/m1/s1. The van der Waals surface area contributed by atoms with Gasteiger partial charge in [0.15, 0.2) is 0 Å². The van der Waals surface area contributed by atoms with Crippen LogP contribution >= 0.6 is 11.3 Å². The Labute approximate surface area is 159 Å². The summed E-state index contributed by atoms with van der Waals surface area (Å²) < 4.78 is 5.81. The maximum atomic E-state index is 5.81. The topological polar surface area (TPSA) is 41.5 Å². The quantitative estimate of drug-likeness (QED) is 0.774. The molecule has 0 spiro atoms. The van der Waals surface area contributed by atoms with Gasteiger partial charge in [0.25, 0.3) is 0 Å². The minimum Gasteiger partial charge on any atom is -0.377 e. The Kier molecular flexibility index (Phi) is 4.82. The molecule has 0 amide bonds. The Hall–Kier alpha value is -1.24. The van der Waals surface area contributed by atoms with E-state index in [2.05, 4.69) is 14.8 Å². The zero-order chi connectivity index (χ0) is 17.3. The van der Waals surface area contributed by atoms with Crippen LogP contribution in [0.1, 0.15) is 42.5 Å². The van der Waals surface area contributed by atoms with Crippen molar-refractivity contribution in [3.05, 3.63) is 16.8 Å². The number of hydrogen-bond acceptors (Lipinski definition) is 6. The Bertz CT molecular complexity index is 763. The van der Waals surface area contributed by atoms with Gasteiger partial charge < -0.3 is 9.64 Å². The number of hydrogen-bond donors (Lipinski definition) is 0. The Morgan fingerprint density at radius 3 is 2.77 bits per heavy atom. The van der Waals surface area contributed by atoms with Crippen LogP contribution < -0.4 is 4.90 Å². The maximum Gasteiger partial charge on any atom is 0.141 e. The first-order valence-corrected chi connectivity index (χ1v) is 11.0. The fourth-order valence-corrected chi connectivity index (χ4v) is 5.93. The van der Waals surface area contributed by atoms with Crippen LogP contribution in [-0.2, 0) is 17.6 Å². The van der Waals surface area contributed by atoms with Crippen molar-refractivity contribution < 1.29 is 4.74 Å². The van der Waals surface area contributed by atoms with Crippen molar-refractivity contribution in [3.63, 3.8) is 0 Å². The highest BCUT2D eigenvalue weighted by Gasteiger charge is 2.26. The minimum atomic E-state index is 0.458. The van der Waals surface area contributed by atoms with Gasteiger partial charge in [0, 0.05) is 44.2 Å². The molecular weight excluding hydrogens is 344 g/mol. The highest BCUT2D eigenvalue weighted by atomic mass is 32.1. The molecule has 140 valence electrons. The van der Waals surface area contributed by atoms with Gasteiger partial charge in [0.2, 0.25) is 0 Å². The molecule has 2 aromatic rings. The molecule has 1 aliphatic carbocycles. The lowest BCUT2D eigenvalue weighted by Crippen LogP contribution is -2.48. The largest absolute Gasteiger partial charge is 0.377 e. The van der Waals surface area contributed by atoms with Crippen LogP contribution in [0.5, 0.6) is 0 Å². The molecule has 0 N–H and O–H groups in total. The minimum absolute atomic E-state index is 0.458. The smallest absolute Gasteiger partial charge is 0.141 e. The molecule has 0 aromatic carbocycles. The van der Waals surface area contributed by atoms with Crippen LogP contribution in [0.15, 0.2) is 6.33 Å². The predicted octanol–water partition coefficient (Wildman–Crippen LogP) is 3.26. The lowest BCUT2D eigenvalue weighted by molar-refractivity contribution is 0.0712. The number of aromatic nitrogens is 2. The summed E-state index contributed by atoms with van der Waals surface area (Å²) in [6.07, 6.45) is 11.1. The second-order valence-corrected chi connectivity index (χ2v) is 8.95. The second-order valence-electron chi connectivity index (χ2n) is 7.86. The van der Waals surface area contributed by atoms with Gasteiger partial charge in [-0.3, -0.25) is 4.90 Å². The average molecular weight is 373 g/mol. The summed E-state index contributed by atoms with van der Waals surface area (Å²) in [5.41, 5.74) is 1.56. The summed E-state index contributed by atoms with van der Waals surface area (Å²) in [5, 5.41) is 1.36. The van der Waals surface area contributed by atoms with Gasteiger partial charge in [-0.25, -0.2) is 9.97 Å². The third kappa shape index (κ3) is 3.23.